The van der Waals surface area contributed by atoms with E-state index >= 15 is 0 Å². The van der Waals surface area contributed by atoms with Gasteiger partial charge in [-0.1, -0.05) is 78.5 Å². The molecule has 1 aliphatic heterocycles. The van der Waals surface area contributed by atoms with Crippen molar-refractivity contribution >= 4 is 23.4 Å². The van der Waals surface area contributed by atoms with E-state index in [1.807, 2.05) is 86.6 Å². The van der Waals surface area contributed by atoms with Crippen molar-refractivity contribution in [2.24, 2.45) is 0 Å². The number of ether oxygens (including phenoxy) is 1. The molecule has 164 valence electrons. The average molecular weight is 454 g/mol. The van der Waals surface area contributed by atoms with E-state index in [1.54, 1.807) is 0 Å². The second kappa shape index (κ2) is 9.08. The van der Waals surface area contributed by atoms with E-state index in [-0.39, 0.29) is 11.7 Å². The lowest BCUT2D eigenvalue weighted by atomic mass is 10.0. The molecule has 0 aliphatic carbocycles. The molecule has 4 aromatic rings. The molecule has 5 rings (SSSR count). The molecule has 1 N–H and O–H groups in total. The number of nitrogens with one attached hydrogen (secondary N) is 1. The molecule has 3 aromatic carbocycles. The number of thioether (sulfide) groups is 1. The van der Waals surface area contributed by atoms with Crippen LogP contribution in [0.25, 0.3) is 11.4 Å². The van der Waals surface area contributed by atoms with Crippen molar-refractivity contribution in [2.45, 2.75) is 25.3 Å². The zero-order valence-electron chi connectivity index (χ0n) is 18.5. The number of benzene rings is 3. The van der Waals surface area contributed by atoms with Crippen LogP contribution in [0.2, 0.25) is 0 Å². The van der Waals surface area contributed by atoms with Gasteiger partial charge in [-0.05, 0) is 36.6 Å². The summed E-state index contributed by atoms with van der Waals surface area (Å²) in [7, 11) is 0. The molecule has 2 heterocycles. The third kappa shape index (κ3) is 4.47. The van der Waals surface area contributed by atoms with E-state index in [1.165, 1.54) is 11.8 Å². The van der Waals surface area contributed by atoms with Gasteiger partial charge in [0, 0.05) is 17.7 Å². The molecule has 5 nitrogen and oxygen atoms in total. The highest BCUT2D eigenvalue weighted by Gasteiger charge is 2.24. The molecule has 0 bridgehead atoms. The van der Waals surface area contributed by atoms with Crippen LogP contribution in [0.15, 0.2) is 77.8 Å². The molecule has 33 heavy (non-hydrogen) atoms. The predicted octanol–water partition coefficient (Wildman–Crippen LogP) is 6.19. The molecule has 0 fully saturated rings. The Morgan fingerprint density at radius 2 is 1.67 bits per heavy atom. The lowest BCUT2D eigenvalue weighted by Crippen LogP contribution is -2.16. The number of hydrogen-bond acceptors (Lipinski definition) is 5. The molecule has 0 saturated heterocycles. The standard InChI is InChI=1S/C27H23N3O2S/c1-17-9-8-10-18(2)24(17)28-23(31)16-33-27-21-15-20-13-6-7-14-22(20)32-26(21)29-25(30-27)19-11-4-3-5-12-19/h3-14H,15-16H2,1-2H3,(H,28,31). The lowest BCUT2D eigenvalue weighted by molar-refractivity contribution is -0.113. The molecular formula is C27H23N3O2S. The number of aryl methyl sites for hydroxylation is 2. The van der Waals surface area contributed by atoms with Gasteiger partial charge in [-0.15, -0.1) is 0 Å². The van der Waals surface area contributed by atoms with E-state index < -0.39 is 0 Å². The summed E-state index contributed by atoms with van der Waals surface area (Å²) in [6.45, 7) is 3.99. The van der Waals surface area contributed by atoms with E-state index in [0.29, 0.717) is 18.1 Å². The van der Waals surface area contributed by atoms with Crippen LogP contribution in [0, 0.1) is 13.8 Å². The van der Waals surface area contributed by atoms with Gasteiger partial charge in [-0.3, -0.25) is 4.79 Å². The number of nitrogens with zero attached hydrogens (tertiary/aromatic N) is 2. The highest BCUT2D eigenvalue weighted by Crippen LogP contribution is 2.40. The number of amides is 1. The van der Waals surface area contributed by atoms with Gasteiger partial charge < -0.3 is 10.1 Å². The summed E-state index contributed by atoms with van der Waals surface area (Å²) in [6.07, 6.45) is 0.668. The molecule has 1 aliphatic rings. The predicted molar refractivity (Wildman–Crippen MR) is 132 cm³/mol. The number of carbonyl (C=O) groups excluding carboxylic acids is 1. The Bertz CT molecular complexity index is 1320. The molecule has 6 heteroatoms. The zero-order valence-corrected chi connectivity index (χ0v) is 19.3. The fraction of sp³-hybridized carbons (Fsp3) is 0.148. The van der Waals surface area contributed by atoms with Crippen LogP contribution in [0.4, 0.5) is 5.69 Å². The van der Waals surface area contributed by atoms with Gasteiger partial charge in [0.25, 0.3) is 0 Å². The third-order valence-electron chi connectivity index (χ3n) is 5.60. The van der Waals surface area contributed by atoms with Crippen LogP contribution in [-0.2, 0) is 11.2 Å². The van der Waals surface area contributed by atoms with E-state index in [4.69, 9.17) is 14.7 Å². The van der Waals surface area contributed by atoms with Gasteiger partial charge in [-0.25, -0.2) is 4.98 Å². The minimum Gasteiger partial charge on any atom is -0.438 e. The molecular weight excluding hydrogens is 430 g/mol. The number of para-hydroxylation sites is 2. The fourth-order valence-corrected chi connectivity index (χ4v) is 4.70. The number of aromatic nitrogens is 2. The van der Waals surface area contributed by atoms with Gasteiger partial charge in [0.05, 0.1) is 11.3 Å². The first-order valence-electron chi connectivity index (χ1n) is 10.8. The molecule has 0 unspecified atom stereocenters. The molecule has 0 atom stereocenters. The summed E-state index contributed by atoms with van der Waals surface area (Å²) in [5.41, 5.74) is 5.87. The SMILES string of the molecule is Cc1cccc(C)c1NC(=O)CSc1nc(-c2ccccc2)nc2c1Cc1ccccc1O2. The smallest absolute Gasteiger partial charge is 0.234 e. The Labute approximate surface area is 197 Å². The number of hydrogen-bond donors (Lipinski definition) is 1. The highest BCUT2D eigenvalue weighted by atomic mass is 32.2. The second-order valence-electron chi connectivity index (χ2n) is 7.99. The molecule has 0 spiro atoms. The largest absolute Gasteiger partial charge is 0.438 e. The number of fused-ring (bicyclic) bond motifs is 2. The maximum absolute atomic E-state index is 12.8. The van der Waals surface area contributed by atoms with Gasteiger partial charge in [-0.2, -0.15) is 4.98 Å². The maximum Gasteiger partial charge on any atom is 0.234 e. The summed E-state index contributed by atoms with van der Waals surface area (Å²) in [4.78, 5) is 22.4. The Morgan fingerprint density at radius 3 is 2.45 bits per heavy atom. The first-order valence-corrected chi connectivity index (χ1v) is 11.8. The van der Waals surface area contributed by atoms with Gasteiger partial charge in [0.1, 0.15) is 10.8 Å². The van der Waals surface area contributed by atoms with Crippen LogP contribution in [0.5, 0.6) is 11.6 Å². The van der Waals surface area contributed by atoms with Crippen LogP contribution < -0.4 is 10.1 Å². The average Bonchev–Trinajstić information content (AvgIpc) is 2.84. The van der Waals surface area contributed by atoms with Crippen molar-refractivity contribution in [3.8, 4) is 23.0 Å². The van der Waals surface area contributed by atoms with Crippen molar-refractivity contribution in [3.05, 3.63) is 95.1 Å². The maximum atomic E-state index is 12.8. The van der Waals surface area contributed by atoms with Crippen LogP contribution in [0.3, 0.4) is 0 Å². The Balaban J connectivity index is 1.44. The van der Waals surface area contributed by atoms with Crippen molar-refractivity contribution in [1.82, 2.24) is 9.97 Å². The van der Waals surface area contributed by atoms with E-state index in [2.05, 4.69) is 5.32 Å². The quantitative estimate of drug-likeness (QED) is 0.254. The van der Waals surface area contributed by atoms with Crippen LogP contribution in [0.1, 0.15) is 22.3 Å². The summed E-state index contributed by atoms with van der Waals surface area (Å²) in [5, 5.41) is 3.82. The summed E-state index contributed by atoms with van der Waals surface area (Å²) in [6, 6.07) is 23.8. The number of carbonyl (C=O) groups is 1. The normalized spacial score (nSPS) is 11.8. The number of anilines is 1. The molecule has 0 saturated carbocycles. The van der Waals surface area contributed by atoms with Crippen LogP contribution in [-0.4, -0.2) is 21.6 Å². The Morgan fingerprint density at radius 1 is 0.939 bits per heavy atom. The Hall–Kier alpha value is -3.64. The summed E-state index contributed by atoms with van der Waals surface area (Å²) >= 11 is 1.41. The fourth-order valence-electron chi connectivity index (χ4n) is 3.88. The highest BCUT2D eigenvalue weighted by molar-refractivity contribution is 8.00. The minimum atomic E-state index is -0.0665. The van der Waals surface area contributed by atoms with Crippen molar-refractivity contribution in [2.75, 3.05) is 11.1 Å². The Kier molecular flexibility index (Phi) is 5.84. The monoisotopic (exact) mass is 453 g/mol. The summed E-state index contributed by atoms with van der Waals surface area (Å²) in [5.74, 6) is 2.13. The first kappa shape index (κ1) is 21.2. The van der Waals surface area contributed by atoms with Gasteiger partial charge >= 0.3 is 0 Å². The van der Waals surface area contributed by atoms with Gasteiger partial charge in [0.2, 0.25) is 11.8 Å². The third-order valence-corrected chi connectivity index (χ3v) is 6.61. The van der Waals surface area contributed by atoms with E-state index in [0.717, 1.165) is 44.3 Å². The van der Waals surface area contributed by atoms with Crippen molar-refractivity contribution < 1.29 is 9.53 Å². The molecule has 0 radical (unpaired) electrons. The lowest BCUT2D eigenvalue weighted by Gasteiger charge is -2.21. The zero-order chi connectivity index (χ0) is 22.8. The van der Waals surface area contributed by atoms with Gasteiger partial charge in [0.15, 0.2) is 5.82 Å². The van der Waals surface area contributed by atoms with E-state index in [9.17, 15) is 4.79 Å². The minimum absolute atomic E-state index is 0.0665. The van der Waals surface area contributed by atoms with Crippen molar-refractivity contribution in [1.29, 1.82) is 0 Å². The molecule has 1 amide bonds. The topological polar surface area (TPSA) is 64.1 Å². The number of rotatable bonds is 5. The molecule has 1 aromatic heterocycles. The summed E-state index contributed by atoms with van der Waals surface area (Å²) < 4.78 is 6.15. The first-order chi connectivity index (χ1) is 16.1. The van der Waals surface area contributed by atoms with Crippen molar-refractivity contribution in [3.63, 3.8) is 0 Å². The van der Waals surface area contributed by atoms with Crippen LogP contribution >= 0.6 is 11.8 Å². The second-order valence-corrected chi connectivity index (χ2v) is 8.96.